The van der Waals surface area contributed by atoms with Crippen LogP contribution in [0.5, 0.6) is 0 Å². The molecule has 0 aromatic heterocycles. The summed E-state index contributed by atoms with van der Waals surface area (Å²) in [5, 5.41) is 2.74. The smallest absolute Gasteiger partial charge is 0.246 e. The van der Waals surface area contributed by atoms with Crippen molar-refractivity contribution in [3.8, 4) is 0 Å². The van der Waals surface area contributed by atoms with Crippen molar-refractivity contribution < 1.29 is 9.53 Å². The Morgan fingerprint density at radius 3 is 3.21 bits per heavy atom. The number of nitrogens with zero attached hydrogens (tertiary/aromatic N) is 2. The summed E-state index contributed by atoms with van der Waals surface area (Å²) < 4.78 is 4.69. The highest BCUT2D eigenvalue weighted by Crippen LogP contribution is 2.00. The summed E-state index contributed by atoms with van der Waals surface area (Å²) in [6.45, 7) is 1.44. The molecule has 1 amide bonds. The van der Waals surface area contributed by atoms with Gasteiger partial charge in [0.15, 0.2) is 0 Å². The summed E-state index contributed by atoms with van der Waals surface area (Å²) in [5.74, 6) is -0.106. The predicted octanol–water partition coefficient (Wildman–Crippen LogP) is -0.393. The van der Waals surface area contributed by atoms with E-state index in [4.69, 9.17) is 4.74 Å². The van der Waals surface area contributed by atoms with Gasteiger partial charge >= 0.3 is 0 Å². The van der Waals surface area contributed by atoms with Crippen molar-refractivity contribution in [1.29, 1.82) is 0 Å². The van der Waals surface area contributed by atoms with Crippen molar-refractivity contribution in [2.45, 2.75) is 0 Å². The fourth-order valence-electron chi connectivity index (χ4n) is 1.15. The molecule has 1 rings (SSSR count). The average Bonchev–Trinajstić information content (AvgIpc) is 2.15. The second-order valence-electron chi connectivity index (χ2n) is 3.18. The molecule has 0 aromatic rings. The molecule has 1 N–H and O–H groups in total. The number of rotatable bonds is 4. The standard InChI is InChI=1S/C9H15N3O2/c1-12-5-8(3-10-7-12)4-11-9(13)6-14-2/h3,7H,4-6H2,1-2H3,(H,11,13). The normalized spacial score (nSPS) is 15.3. The topological polar surface area (TPSA) is 53.9 Å². The van der Waals surface area contributed by atoms with Crippen LogP contribution in [0.15, 0.2) is 16.8 Å². The molecule has 0 saturated carbocycles. The Labute approximate surface area is 83.4 Å². The zero-order valence-corrected chi connectivity index (χ0v) is 8.49. The minimum absolute atomic E-state index is 0.104. The molecule has 0 fully saturated rings. The first-order valence-electron chi connectivity index (χ1n) is 4.39. The second kappa shape index (κ2) is 5.39. The first-order chi connectivity index (χ1) is 6.72. The van der Waals surface area contributed by atoms with Gasteiger partial charge in [-0.3, -0.25) is 4.79 Å². The number of methoxy groups -OCH3 is 1. The highest BCUT2D eigenvalue weighted by Gasteiger charge is 2.06. The molecule has 0 atom stereocenters. The molecule has 0 aromatic carbocycles. The zero-order valence-electron chi connectivity index (χ0n) is 8.49. The number of nitrogens with one attached hydrogen (secondary N) is 1. The van der Waals surface area contributed by atoms with E-state index in [1.54, 1.807) is 12.5 Å². The van der Waals surface area contributed by atoms with Crippen LogP contribution in [0.1, 0.15) is 0 Å². The number of carbonyl (C=O) groups is 1. The summed E-state index contributed by atoms with van der Waals surface area (Å²) in [7, 11) is 3.44. The van der Waals surface area contributed by atoms with Gasteiger partial charge in [-0.15, -0.1) is 0 Å². The molecular formula is C9H15N3O2. The Morgan fingerprint density at radius 2 is 2.57 bits per heavy atom. The van der Waals surface area contributed by atoms with E-state index in [9.17, 15) is 4.79 Å². The maximum atomic E-state index is 11.1. The highest BCUT2D eigenvalue weighted by atomic mass is 16.5. The van der Waals surface area contributed by atoms with Gasteiger partial charge in [0, 0.05) is 33.4 Å². The number of carbonyl (C=O) groups excluding carboxylic acids is 1. The zero-order chi connectivity index (χ0) is 10.4. The van der Waals surface area contributed by atoms with Crippen molar-refractivity contribution in [1.82, 2.24) is 10.2 Å². The van der Waals surface area contributed by atoms with Crippen LogP contribution in [-0.4, -0.2) is 51.0 Å². The van der Waals surface area contributed by atoms with Gasteiger partial charge in [-0.05, 0) is 5.57 Å². The third kappa shape index (κ3) is 3.57. The monoisotopic (exact) mass is 197 g/mol. The number of ether oxygens (including phenoxy) is 1. The van der Waals surface area contributed by atoms with E-state index in [-0.39, 0.29) is 12.5 Å². The quantitative estimate of drug-likeness (QED) is 0.667. The first-order valence-corrected chi connectivity index (χ1v) is 4.39. The number of likely N-dealkylation sites (N-methyl/N-ethyl adjacent to an activating group) is 1. The maximum Gasteiger partial charge on any atom is 0.246 e. The van der Waals surface area contributed by atoms with E-state index >= 15 is 0 Å². The van der Waals surface area contributed by atoms with E-state index in [1.165, 1.54) is 7.11 Å². The Balaban J connectivity index is 2.28. The Kier molecular flexibility index (Phi) is 4.12. The first kappa shape index (κ1) is 10.7. The van der Waals surface area contributed by atoms with Gasteiger partial charge in [0.05, 0.1) is 6.34 Å². The van der Waals surface area contributed by atoms with Crippen molar-refractivity contribution in [3.05, 3.63) is 11.8 Å². The van der Waals surface area contributed by atoms with E-state index in [0.717, 1.165) is 12.1 Å². The molecule has 78 valence electrons. The molecule has 1 aliphatic heterocycles. The molecule has 5 heteroatoms. The van der Waals surface area contributed by atoms with Gasteiger partial charge in [-0.1, -0.05) is 0 Å². The van der Waals surface area contributed by atoms with Crippen molar-refractivity contribution in [2.75, 3.05) is 33.9 Å². The van der Waals surface area contributed by atoms with Gasteiger partial charge in [0.2, 0.25) is 5.91 Å². The number of hydrogen-bond donors (Lipinski definition) is 1. The van der Waals surface area contributed by atoms with Crippen molar-refractivity contribution >= 4 is 12.2 Å². The van der Waals surface area contributed by atoms with E-state index in [1.807, 2.05) is 11.9 Å². The van der Waals surface area contributed by atoms with Gasteiger partial charge < -0.3 is 15.0 Å². The summed E-state index contributed by atoms with van der Waals surface area (Å²) in [6.07, 6.45) is 3.52. The van der Waals surface area contributed by atoms with Crippen LogP contribution in [0.4, 0.5) is 0 Å². The molecule has 0 radical (unpaired) electrons. The van der Waals surface area contributed by atoms with Gasteiger partial charge in [-0.25, -0.2) is 4.99 Å². The minimum Gasteiger partial charge on any atom is -0.375 e. The second-order valence-corrected chi connectivity index (χ2v) is 3.18. The fraction of sp³-hybridized carbons (Fsp3) is 0.556. The van der Waals surface area contributed by atoms with Crippen LogP contribution in [0.3, 0.4) is 0 Å². The Bertz CT molecular complexity index is 261. The van der Waals surface area contributed by atoms with E-state index in [0.29, 0.717) is 6.54 Å². The van der Waals surface area contributed by atoms with Gasteiger partial charge in [0.1, 0.15) is 6.61 Å². The van der Waals surface area contributed by atoms with E-state index in [2.05, 4.69) is 10.3 Å². The van der Waals surface area contributed by atoms with Crippen LogP contribution < -0.4 is 5.32 Å². The molecular weight excluding hydrogens is 182 g/mol. The minimum atomic E-state index is -0.106. The third-order valence-corrected chi connectivity index (χ3v) is 1.76. The molecule has 0 aliphatic carbocycles. The lowest BCUT2D eigenvalue weighted by molar-refractivity contribution is -0.124. The van der Waals surface area contributed by atoms with Gasteiger partial charge in [-0.2, -0.15) is 0 Å². The molecule has 0 saturated heterocycles. The molecule has 1 aliphatic rings. The Morgan fingerprint density at radius 1 is 1.79 bits per heavy atom. The fourth-order valence-corrected chi connectivity index (χ4v) is 1.15. The molecule has 5 nitrogen and oxygen atoms in total. The largest absolute Gasteiger partial charge is 0.375 e. The summed E-state index contributed by atoms with van der Waals surface area (Å²) in [4.78, 5) is 17.0. The summed E-state index contributed by atoms with van der Waals surface area (Å²) in [5.41, 5.74) is 1.08. The van der Waals surface area contributed by atoms with Crippen molar-refractivity contribution in [3.63, 3.8) is 0 Å². The number of amides is 1. The number of hydrogen-bond acceptors (Lipinski definition) is 4. The van der Waals surface area contributed by atoms with Crippen LogP contribution in [0.25, 0.3) is 0 Å². The van der Waals surface area contributed by atoms with Crippen LogP contribution in [-0.2, 0) is 9.53 Å². The van der Waals surface area contributed by atoms with Crippen LogP contribution in [0, 0.1) is 0 Å². The average molecular weight is 197 g/mol. The third-order valence-electron chi connectivity index (χ3n) is 1.76. The van der Waals surface area contributed by atoms with Crippen molar-refractivity contribution in [2.24, 2.45) is 4.99 Å². The lowest BCUT2D eigenvalue weighted by Gasteiger charge is -2.18. The molecule has 0 spiro atoms. The lowest BCUT2D eigenvalue weighted by atomic mass is 10.2. The molecule has 0 bridgehead atoms. The van der Waals surface area contributed by atoms with Crippen LogP contribution >= 0.6 is 0 Å². The van der Waals surface area contributed by atoms with Gasteiger partial charge in [0.25, 0.3) is 0 Å². The number of aliphatic imine (C=N–C) groups is 1. The molecule has 0 unspecified atom stereocenters. The SMILES string of the molecule is COCC(=O)NCC1=CN=CN(C)C1. The maximum absolute atomic E-state index is 11.1. The summed E-state index contributed by atoms with van der Waals surface area (Å²) >= 11 is 0. The van der Waals surface area contributed by atoms with Crippen LogP contribution in [0.2, 0.25) is 0 Å². The Hall–Kier alpha value is -1.36. The summed E-state index contributed by atoms with van der Waals surface area (Å²) in [6, 6.07) is 0. The molecule has 1 heterocycles. The lowest BCUT2D eigenvalue weighted by Crippen LogP contribution is -2.32. The highest BCUT2D eigenvalue weighted by molar-refractivity contribution is 5.77. The molecule has 14 heavy (non-hydrogen) atoms. The predicted molar refractivity (Wildman–Crippen MR) is 54.1 cm³/mol. The van der Waals surface area contributed by atoms with E-state index < -0.39 is 0 Å².